The summed E-state index contributed by atoms with van der Waals surface area (Å²) >= 11 is 0. The Morgan fingerprint density at radius 2 is 1.60 bits per heavy atom. The number of ether oxygens (including phenoxy) is 2. The summed E-state index contributed by atoms with van der Waals surface area (Å²) in [5, 5.41) is 11.0. The molecule has 1 amide bonds. The first-order valence-electron chi connectivity index (χ1n) is 11.5. The highest BCUT2D eigenvalue weighted by Crippen LogP contribution is 2.38. The van der Waals surface area contributed by atoms with Crippen LogP contribution in [0.3, 0.4) is 0 Å². The van der Waals surface area contributed by atoms with Crippen molar-refractivity contribution in [2.75, 3.05) is 24.9 Å². The van der Waals surface area contributed by atoms with Crippen LogP contribution >= 0.6 is 0 Å². The van der Waals surface area contributed by atoms with Crippen molar-refractivity contribution in [3.63, 3.8) is 0 Å². The third kappa shape index (κ3) is 4.96. The van der Waals surface area contributed by atoms with Crippen molar-refractivity contribution in [3.8, 4) is 11.5 Å². The van der Waals surface area contributed by atoms with Gasteiger partial charge in [-0.25, -0.2) is 4.68 Å². The fraction of sp³-hybridized carbons (Fsp3) is 0.222. The lowest BCUT2D eigenvalue weighted by Crippen LogP contribution is -2.28. The van der Waals surface area contributed by atoms with E-state index in [9.17, 15) is 4.79 Å². The zero-order valence-electron chi connectivity index (χ0n) is 19.6. The lowest BCUT2D eigenvalue weighted by atomic mass is 9.93. The molecule has 2 N–H and O–H groups in total. The van der Waals surface area contributed by atoms with Gasteiger partial charge in [0.15, 0.2) is 0 Å². The molecule has 2 atom stereocenters. The van der Waals surface area contributed by atoms with Gasteiger partial charge in [-0.3, -0.25) is 10.1 Å². The lowest BCUT2D eigenvalue weighted by molar-refractivity contribution is -0.115. The first kappa shape index (κ1) is 22.5. The van der Waals surface area contributed by atoms with Crippen LogP contribution in [0.15, 0.2) is 78.9 Å². The van der Waals surface area contributed by atoms with E-state index < -0.39 is 0 Å². The topological polar surface area (TPSA) is 90.3 Å². The zero-order valence-corrected chi connectivity index (χ0v) is 19.6. The summed E-state index contributed by atoms with van der Waals surface area (Å²) in [6.07, 6.45) is 1.00. The summed E-state index contributed by atoms with van der Waals surface area (Å²) in [5.74, 6) is 2.26. The van der Waals surface area contributed by atoms with E-state index in [2.05, 4.69) is 32.8 Å². The van der Waals surface area contributed by atoms with Crippen molar-refractivity contribution in [2.45, 2.75) is 24.9 Å². The second kappa shape index (κ2) is 9.89. The summed E-state index contributed by atoms with van der Waals surface area (Å²) < 4.78 is 12.4. The molecule has 5 rings (SSSR count). The van der Waals surface area contributed by atoms with Gasteiger partial charge in [0.2, 0.25) is 11.9 Å². The first-order valence-corrected chi connectivity index (χ1v) is 11.5. The van der Waals surface area contributed by atoms with Gasteiger partial charge in [-0.05, 0) is 47.4 Å². The smallest absolute Gasteiger partial charge is 0.250 e. The number of aromatic nitrogens is 3. The molecule has 1 aliphatic heterocycles. The number of hydrogen-bond donors (Lipinski definition) is 2. The van der Waals surface area contributed by atoms with Gasteiger partial charge in [-0.15, -0.1) is 5.10 Å². The van der Waals surface area contributed by atoms with Crippen molar-refractivity contribution in [1.82, 2.24) is 14.8 Å². The minimum absolute atomic E-state index is 0.0536. The van der Waals surface area contributed by atoms with Gasteiger partial charge in [0, 0.05) is 0 Å². The number of carbonyl (C=O) groups excluding carboxylic acids is 1. The van der Waals surface area contributed by atoms with Crippen LogP contribution in [0.25, 0.3) is 0 Å². The Morgan fingerprint density at radius 3 is 2.26 bits per heavy atom. The molecule has 2 unspecified atom stereocenters. The van der Waals surface area contributed by atoms with Crippen molar-refractivity contribution in [1.29, 1.82) is 0 Å². The van der Waals surface area contributed by atoms with E-state index in [1.807, 2.05) is 71.4 Å². The number of nitrogens with one attached hydrogen (secondary N) is 2. The summed E-state index contributed by atoms with van der Waals surface area (Å²) in [4.78, 5) is 17.3. The maximum atomic E-state index is 12.7. The fourth-order valence-corrected chi connectivity index (χ4v) is 4.34. The summed E-state index contributed by atoms with van der Waals surface area (Å²) in [7, 11) is 3.27. The Hall–Kier alpha value is -4.33. The van der Waals surface area contributed by atoms with Crippen LogP contribution in [0, 0.1) is 0 Å². The molecule has 1 aliphatic rings. The predicted molar refractivity (Wildman–Crippen MR) is 134 cm³/mol. The Kier molecular flexibility index (Phi) is 6.34. The van der Waals surface area contributed by atoms with Crippen LogP contribution in [-0.4, -0.2) is 34.9 Å². The largest absolute Gasteiger partial charge is 0.497 e. The molecule has 8 heteroatoms. The van der Waals surface area contributed by atoms with Gasteiger partial charge in [0.05, 0.1) is 32.7 Å². The Morgan fingerprint density at radius 1 is 0.943 bits per heavy atom. The highest BCUT2D eigenvalue weighted by atomic mass is 16.5. The standard InChI is InChI=1S/C27H27N5O3/c1-34-21-12-8-18(9-13-21)16-25(33)29-26-30-27-28-23(19-6-4-3-5-7-19)17-24(32(27)31-26)20-10-14-22(35-2)15-11-20/h3-15,23-24H,16-17H2,1-2H3,(H2,28,29,30,31,33). The molecule has 0 radical (unpaired) electrons. The van der Waals surface area contributed by atoms with Gasteiger partial charge in [-0.1, -0.05) is 54.6 Å². The van der Waals surface area contributed by atoms with E-state index in [1.165, 1.54) is 5.56 Å². The number of hydrogen-bond acceptors (Lipinski definition) is 6. The predicted octanol–water partition coefficient (Wildman–Crippen LogP) is 4.62. The van der Waals surface area contributed by atoms with Gasteiger partial charge in [0.1, 0.15) is 11.5 Å². The molecule has 178 valence electrons. The second-order valence-corrected chi connectivity index (χ2v) is 8.41. The minimum atomic E-state index is -0.182. The molecular weight excluding hydrogens is 442 g/mol. The van der Waals surface area contributed by atoms with Crippen LogP contribution in [0.4, 0.5) is 11.9 Å². The number of amides is 1. The van der Waals surface area contributed by atoms with Crippen LogP contribution < -0.4 is 20.1 Å². The van der Waals surface area contributed by atoms with Gasteiger partial charge in [0.25, 0.3) is 5.95 Å². The Balaban J connectivity index is 1.39. The molecule has 0 bridgehead atoms. The summed E-state index contributed by atoms with van der Waals surface area (Å²) in [6, 6.07) is 25.7. The van der Waals surface area contributed by atoms with E-state index in [-0.39, 0.29) is 30.4 Å². The van der Waals surface area contributed by atoms with Crippen molar-refractivity contribution >= 4 is 17.8 Å². The third-order valence-corrected chi connectivity index (χ3v) is 6.17. The fourth-order valence-electron chi connectivity index (χ4n) is 4.34. The normalized spacial score (nSPS) is 16.6. The van der Waals surface area contributed by atoms with E-state index >= 15 is 0 Å². The van der Waals surface area contributed by atoms with E-state index in [0.717, 1.165) is 29.0 Å². The zero-order chi connectivity index (χ0) is 24.2. The molecule has 8 nitrogen and oxygen atoms in total. The summed E-state index contributed by atoms with van der Waals surface area (Å²) in [6.45, 7) is 0. The molecule has 4 aromatic rings. The Bertz CT molecular complexity index is 1290. The molecule has 0 saturated carbocycles. The maximum Gasteiger partial charge on any atom is 0.250 e. The summed E-state index contributed by atoms with van der Waals surface area (Å²) in [5.41, 5.74) is 3.14. The monoisotopic (exact) mass is 469 g/mol. The van der Waals surface area contributed by atoms with Crippen LogP contribution in [0.2, 0.25) is 0 Å². The second-order valence-electron chi connectivity index (χ2n) is 8.41. The molecule has 35 heavy (non-hydrogen) atoms. The Labute approximate surface area is 203 Å². The highest BCUT2D eigenvalue weighted by molar-refractivity contribution is 5.90. The average Bonchev–Trinajstić information content (AvgIpc) is 3.31. The third-order valence-electron chi connectivity index (χ3n) is 6.17. The van der Waals surface area contributed by atoms with Crippen molar-refractivity contribution < 1.29 is 14.3 Å². The van der Waals surface area contributed by atoms with Gasteiger partial charge >= 0.3 is 0 Å². The molecule has 3 aromatic carbocycles. The number of methoxy groups -OCH3 is 2. The number of rotatable bonds is 7. The number of anilines is 2. The lowest BCUT2D eigenvalue weighted by Gasteiger charge is -2.31. The molecule has 0 saturated heterocycles. The van der Waals surface area contributed by atoms with Crippen LogP contribution in [-0.2, 0) is 11.2 Å². The SMILES string of the molecule is COc1ccc(CC(=O)Nc2nc3n(n2)C(c2ccc(OC)cc2)CC(c2ccccc2)N3)cc1. The molecule has 0 fully saturated rings. The highest BCUT2D eigenvalue weighted by Gasteiger charge is 2.31. The molecule has 0 spiro atoms. The number of benzene rings is 3. The molecular formula is C27H27N5O3. The number of carbonyl (C=O) groups is 1. The van der Waals surface area contributed by atoms with Crippen LogP contribution in [0.5, 0.6) is 11.5 Å². The van der Waals surface area contributed by atoms with E-state index in [1.54, 1.807) is 14.2 Å². The van der Waals surface area contributed by atoms with Crippen molar-refractivity contribution in [3.05, 3.63) is 95.6 Å². The van der Waals surface area contributed by atoms with Gasteiger partial charge in [-0.2, -0.15) is 4.98 Å². The first-order chi connectivity index (χ1) is 17.1. The quantitative estimate of drug-likeness (QED) is 0.410. The molecule has 0 aliphatic carbocycles. The minimum Gasteiger partial charge on any atom is -0.497 e. The van der Waals surface area contributed by atoms with Crippen LogP contribution in [0.1, 0.15) is 35.2 Å². The van der Waals surface area contributed by atoms with Gasteiger partial charge < -0.3 is 14.8 Å². The van der Waals surface area contributed by atoms with Crippen molar-refractivity contribution in [2.24, 2.45) is 0 Å². The van der Waals surface area contributed by atoms with E-state index in [4.69, 9.17) is 9.47 Å². The maximum absolute atomic E-state index is 12.7. The molecule has 1 aromatic heterocycles. The average molecular weight is 470 g/mol. The molecule has 2 heterocycles. The van der Waals surface area contributed by atoms with E-state index in [0.29, 0.717) is 5.95 Å². The number of nitrogens with zero attached hydrogens (tertiary/aromatic N) is 3. The number of fused-ring (bicyclic) bond motifs is 1.